The summed E-state index contributed by atoms with van der Waals surface area (Å²) < 4.78 is 20.4. The third-order valence-electron chi connectivity index (χ3n) is 2.93. The van der Waals surface area contributed by atoms with Crippen molar-refractivity contribution in [2.24, 2.45) is 0 Å². The zero-order valence-corrected chi connectivity index (χ0v) is 16.4. The summed E-state index contributed by atoms with van der Waals surface area (Å²) in [6, 6.07) is 5.46. The summed E-state index contributed by atoms with van der Waals surface area (Å²) in [6.45, 7) is 0. The van der Waals surface area contributed by atoms with Gasteiger partial charge in [0.15, 0.2) is 11.6 Å². The second-order valence-electron chi connectivity index (χ2n) is 4.32. The minimum absolute atomic E-state index is 0.376. The number of aromatic nitrogens is 6. The highest BCUT2D eigenvalue weighted by molar-refractivity contribution is 9.10. The molecule has 0 unspecified atom stereocenters. The van der Waals surface area contributed by atoms with Crippen LogP contribution in [0.5, 0.6) is 0 Å². The number of halogens is 4. The van der Waals surface area contributed by atoms with Crippen molar-refractivity contribution < 1.29 is 5.76 Å². The Morgan fingerprint density at radius 2 is 1.68 bits per heavy atom. The van der Waals surface area contributed by atoms with E-state index in [1.807, 2.05) is 12.1 Å². The molecule has 0 saturated heterocycles. The largest absolute Gasteiger partial charge is 0.382 e. The molecule has 0 fully saturated rings. The van der Waals surface area contributed by atoms with Gasteiger partial charge in [0.05, 0.1) is 13.5 Å². The van der Waals surface area contributed by atoms with E-state index in [0.29, 0.717) is 22.2 Å². The number of nitrogen functional groups attached to an aromatic ring is 2. The van der Waals surface area contributed by atoms with Crippen molar-refractivity contribution in [3.63, 3.8) is 0 Å². The minimum Gasteiger partial charge on any atom is -0.382 e. The van der Waals surface area contributed by atoms with Gasteiger partial charge in [0.25, 0.3) is 0 Å². The number of rotatable bonds is 0. The van der Waals surface area contributed by atoms with Gasteiger partial charge in [-0.15, -0.1) is 0 Å². The fourth-order valence-electron chi connectivity index (χ4n) is 1.91. The van der Waals surface area contributed by atoms with Gasteiger partial charge in [-0.3, -0.25) is 4.39 Å². The highest BCUT2D eigenvalue weighted by atomic mass is 79.9. The van der Waals surface area contributed by atoms with Gasteiger partial charge in [0, 0.05) is 0 Å². The molecule has 0 atom stereocenters. The highest BCUT2D eigenvalue weighted by Crippen LogP contribution is 2.27. The maximum absolute atomic E-state index is 9.96. The minimum atomic E-state index is -1.00. The quantitative estimate of drug-likeness (QED) is 0.387. The number of hydrogen-bond donors (Lipinski definition) is 2. The van der Waals surface area contributed by atoms with Gasteiger partial charge >= 0.3 is 0 Å². The predicted octanol–water partition coefficient (Wildman–Crippen LogP) is 3.39. The fourth-order valence-corrected chi connectivity index (χ4v) is 3.23. The van der Waals surface area contributed by atoms with Crippen LogP contribution in [-0.4, -0.2) is 36.3 Å². The number of anilines is 2. The molecule has 0 aliphatic rings. The zero-order chi connectivity index (χ0) is 19.3. The number of nitrogens with two attached hydrogens (primary N) is 2. The van der Waals surface area contributed by atoms with Crippen molar-refractivity contribution in [2.75, 3.05) is 18.6 Å². The van der Waals surface area contributed by atoms with E-state index in [-0.39, 0.29) is 0 Å². The van der Waals surface area contributed by atoms with Crippen LogP contribution in [0.2, 0.25) is 5.02 Å². The standard InChI is InChI=1S/C6H4BrClN4.C6H5BrN4.CH3F/c7-4-1-3(8)5-6(9)10-2-11-12(4)5;7-5-2-1-4-6(8)9-3-10-11(4)5;1-2/h1-2H,(H2,9,10,11);1-3H,(H2,8,9,10);1H3/i;;1D. The summed E-state index contributed by atoms with van der Waals surface area (Å²) in [5.74, 6) is 0.867. The van der Waals surface area contributed by atoms with Crippen molar-refractivity contribution >= 4 is 66.1 Å². The zero-order valence-electron chi connectivity index (χ0n) is 13.4. The Morgan fingerprint density at radius 1 is 1.08 bits per heavy atom. The second kappa shape index (κ2) is 8.41. The molecule has 0 radical (unpaired) electrons. The molecule has 25 heavy (non-hydrogen) atoms. The van der Waals surface area contributed by atoms with Crippen LogP contribution < -0.4 is 11.5 Å². The fraction of sp³-hybridized carbons (Fsp3) is 0.0769. The third kappa shape index (κ3) is 3.99. The van der Waals surface area contributed by atoms with E-state index < -0.39 is 7.15 Å². The van der Waals surface area contributed by atoms with Crippen LogP contribution in [0.4, 0.5) is 16.0 Å². The molecule has 4 heterocycles. The van der Waals surface area contributed by atoms with E-state index >= 15 is 0 Å². The number of nitrogens with zero attached hydrogens (tertiary/aromatic N) is 6. The lowest BCUT2D eigenvalue weighted by atomic mass is 10.5. The first-order valence-electron chi connectivity index (χ1n) is 7.13. The SMILES string of the molecule is Nc1ncnn2c(Br)cc(Cl)c12.Nc1ncnn2c(Br)ccc12.[2H]CF. The topological polar surface area (TPSA) is 112 Å². The Morgan fingerprint density at radius 3 is 2.28 bits per heavy atom. The van der Waals surface area contributed by atoms with E-state index in [1.54, 1.807) is 15.1 Å². The molecule has 8 nitrogen and oxygen atoms in total. The monoisotopic (exact) mass is 493 g/mol. The van der Waals surface area contributed by atoms with Gasteiger partial charge in [-0.2, -0.15) is 10.2 Å². The summed E-state index contributed by atoms with van der Waals surface area (Å²) in [4.78, 5) is 7.67. The number of alkyl halides is 1. The van der Waals surface area contributed by atoms with Crippen LogP contribution in [-0.2, 0) is 0 Å². The average molecular weight is 496 g/mol. The van der Waals surface area contributed by atoms with Gasteiger partial charge in [-0.25, -0.2) is 19.0 Å². The number of hydrogen-bond acceptors (Lipinski definition) is 6. The first-order valence-corrected chi connectivity index (χ1v) is 8.39. The molecule has 4 N–H and O–H groups in total. The van der Waals surface area contributed by atoms with Gasteiger partial charge in [-0.1, -0.05) is 11.6 Å². The van der Waals surface area contributed by atoms with E-state index in [4.69, 9.17) is 24.4 Å². The summed E-state index contributed by atoms with van der Waals surface area (Å²) >= 11 is 12.5. The summed E-state index contributed by atoms with van der Waals surface area (Å²) in [6.07, 6.45) is 2.80. The molecular formula is C13H12Br2ClFN8. The molecule has 0 aliphatic carbocycles. The summed E-state index contributed by atoms with van der Waals surface area (Å²) in [5, 5.41) is 8.48. The second-order valence-corrected chi connectivity index (χ2v) is 6.35. The lowest BCUT2D eigenvalue weighted by Crippen LogP contribution is -1.98. The summed E-state index contributed by atoms with van der Waals surface area (Å²) in [5.41, 5.74) is 12.6. The van der Waals surface area contributed by atoms with E-state index in [9.17, 15) is 4.39 Å². The molecule has 132 valence electrons. The van der Waals surface area contributed by atoms with Crippen molar-refractivity contribution in [2.45, 2.75) is 0 Å². The molecule has 0 aromatic carbocycles. The molecule has 12 heteroatoms. The van der Waals surface area contributed by atoms with Crippen molar-refractivity contribution in [3.05, 3.63) is 45.1 Å². The van der Waals surface area contributed by atoms with Crippen LogP contribution in [0.25, 0.3) is 11.0 Å². The Labute approximate surface area is 164 Å². The van der Waals surface area contributed by atoms with Crippen LogP contribution in [0.3, 0.4) is 0 Å². The van der Waals surface area contributed by atoms with Crippen molar-refractivity contribution in [3.8, 4) is 0 Å². The molecule has 0 saturated carbocycles. The molecular weight excluding hydrogens is 482 g/mol. The van der Waals surface area contributed by atoms with Crippen LogP contribution in [0.1, 0.15) is 1.37 Å². The number of fused-ring (bicyclic) bond motifs is 2. The van der Waals surface area contributed by atoms with Gasteiger partial charge in [0.1, 0.15) is 32.9 Å². The van der Waals surface area contributed by atoms with Crippen molar-refractivity contribution in [1.82, 2.24) is 29.2 Å². The van der Waals surface area contributed by atoms with Crippen molar-refractivity contribution in [1.29, 1.82) is 0 Å². The first-order chi connectivity index (χ1) is 12.4. The molecule has 0 aliphatic heterocycles. The Hall–Kier alpha value is -1.98. The molecule has 4 aromatic rings. The first kappa shape index (κ1) is 17.8. The van der Waals surface area contributed by atoms with E-state index in [0.717, 1.165) is 14.7 Å². The van der Waals surface area contributed by atoms with Crippen LogP contribution in [0, 0.1) is 0 Å². The maximum Gasteiger partial charge on any atom is 0.152 e. The lowest BCUT2D eigenvalue weighted by Gasteiger charge is -1.96. The Kier molecular flexibility index (Phi) is 6.00. The van der Waals surface area contributed by atoms with E-state index in [2.05, 4.69) is 52.0 Å². The van der Waals surface area contributed by atoms with Crippen LogP contribution >= 0.6 is 43.5 Å². The van der Waals surface area contributed by atoms with Gasteiger partial charge in [0.2, 0.25) is 0 Å². The lowest BCUT2D eigenvalue weighted by molar-refractivity contribution is 0.636. The normalized spacial score (nSPS) is 10.6. The van der Waals surface area contributed by atoms with Gasteiger partial charge < -0.3 is 11.5 Å². The van der Waals surface area contributed by atoms with Crippen LogP contribution in [0.15, 0.2) is 40.1 Å². The predicted molar refractivity (Wildman–Crippen MR) is 102 cm³/mol. The Balaban J connectivity index is 0.000000163. The molecule has 4 rings (SSSR count). The Bertz CT molecular complexity index is 1020. The summed E-state index contributed by atoms with van der Waals surface area (Å²) in [7, 11) is -1.00. The molecule has 0 amide bonds. The molecule has 4 aromatic heterocycles. The molecule has 0 bridgehead atoms. The average Bonchev–Trinajstić information content (AvgIpc) is 3.12. The third-order valence-corrected chi connectivity index (χ3v) is 4.38. The smallest absolute Gasteiger partial charge is 0.152 e. The van der Waals surface area contributed by atoms with E-state index in [1.165, 1.54) is 12.7 Å². The highest BCUT2D eigenvalue weighted by Gasteiger charge is 2.09. The maximum atomic E-state index is 9.96. The van der Waals surface area contributed by atoms with Gasteiger partial charge in [-0.05, 0) is 50.1 Å². The molecule has 0 spiro atoms.